The minimum atomic E-state index is 0.588. The normalized spacial score (nSPS) is 10.6. The second-order valence-electron chi connectivity index (χ2n) is 4.90. The van der Waals surface area contributed by atoms with Crippen LogP contribution in [-0.4, -0.2) is 4.98 Å². The number of hydrogen-bond donors (Lipinski definition) is 0. The molecule has 2 heterocycles. The van der Waals surface area contributed by atoms with Crippen LogP contribution in [0.2, 0.25) is 10.0 Å². The van der Waals surface area contributed by atoms with Gasteiger partial charge in [-0.25, -0.2) is 4.98 Å². The van der Waals surface area contributed by atoms with Gasteiger partial charge >= 0.3 is 0 Å². The first-order valence-corrected chi connectivity index (χ1v) is 8.48. The summed E-state index contributed by atoms with van der Waals surface area (Å²) in [6.07, 6.45) is 5.58. The second kappa shape index (κ2) is 7.30. The molecule has 0 N–H and O–H groups in total. The SMILES string of the molecule is Clc1ccc(CN(c2ncc(Cl)cc2Br)[n+]2ccccc2)cc1. The largest absolute Gasteiger partial charge is 0.232 e. The third-order valence-corrected chi connectivity index (χ3v) is 4.30. The van der Waals surface area contributed by atoms with Gasteiger partial charge in [0, 0.05) is 23.4 Å². The molecule has 0 atom stereocenters. The topological polar surface area (TPSA) is 20.0 Å². The quantitative estimate of drug-likeness (QED) is 0.570. The molecule has 2 aromatic heterocycles. The lowest BCUT2D eigenvalue weighted by atomic mass is 10.2. The number of benzene rings is 1. The van der Waals surface area contributed by atoms with Crippen LogP contribution in [0.1, 0.15) is 5.56 Å². The number of nitrogens with zero attached hydrogens (tertiary/aromatic N) is 3. The number of anilines is 1. The zero-order valence-corrected chi connectivity index (χ0v) is 15.1. The van der Waals surface area contributed by atoms with Gasteiger partial charge in [-0.2, -0.15) is 0 Å². The third-order valence-electron chi connectivity index (χ3n) is 3.26. The van der Waals surface area contributed by atoms with Crippen LogP contribution < -0.4 is 9.69 Å². The van der Waals surface area contributed by atoms with E-state index in [0.29, 0.717) is 11.6 Å². The van der Waals surface area contributed by atoms with Gasteiger partial charge in [0.15, 0.2) is 12.4 Å². The van der Waals surface area contributed by atoms with Crippen LogP contribution in [0.15, 0.2) is 71.6 Å². The van der Waals surface area contributed by atoms with E-state index in [9.17, 15) is 0 Å². The number of rotatable bonds is 4. The molecular weight excluding hydrogens is 397 g/mol. The fourth-order valence-corrected chi connectivity index (χ4v) is 3.15. The van der Waals surface area contributed by atoms with Gasteiger partial charge in [-0.15, -0.1) is 5.01 Å². The fourth-order valence-electron chi connectivity index (χ4n) is 2.18. The molecular formula is C17H13BrCl2N3+. The van der Waals surface area contributed by atoms with Crippen LogP contribution in [0.3, 0.4) is 0 Å². The summed E-state index contributed by atoms with van der Waals surface area (Å²) in [5.41, 5.74) is 1.12. The Morgan fingerprint density at radius 3 is 2.35 bits per heavy atom. The van der Waals surface area contributed by atoms with Crippen molar-refractivity contribution in [1.82, 2.24) is 4.98 Å². The van der Waals surface area contributed by atoms with Gasteiger partial charge < -0.3 is 0 Å². The molecule has 0 saturated heterocycles. The number of pyridine rings is 2. The maximum Gasteiger partial charge on any atom is 0.202 e. The van der Waals surface area contributed by atoms with E-state index in [1.54, 1.807) is 6.20 Å². The van der Waals surface area contributed by atoms with Crippen LogP contribution in [0, 0.1) is 0 Å². The van der Waals surface area contributed by atoms with Crippen molar-refractivity contribution in [3.8, 4) is 0 Å². The van der Waals surface area contributed by atoms with Crippen LogP contribution in [0.4, 0.5) is 5.82 Å². The molecule has 0 aliphatic carbocycles. The molecule has 0 fully saturated rings. The monoisotopic (exact) mass is 408 g/mol. The lowest BCUT2D eigenvalue weighted by molar-refractivity contribution is -0.686. The number of hydrogen-bond acceptors (Lipinski definition) is 2. The predicted octanol–water partition coefficient (Wildman–Crippen LogP) is 4.91. The molecule has 116 valence electrons. The van der Waals surface area contributed by atoms with Gasteiger partial charge in [-0.05, 0) is 39.7 Å². The van der Waals surface area contributed by atoms with Gasteiger partial charge in [0.1, 0.15) is 6.54 Å². The zero-order chi connectivity index (χ0) is 16.2. The summed E-state index contributed by atoms with van der Waals surface area (Å²) in [5.74, 6) is 0.778. The predicted molar refractivity (Wildman–Crippen MR) is 96.6 cm³/mol. The van der Waals surface area contributed by atoms with E-state index in [4.69, 9.17) is 23.2 Å². The van der Waals surface area contributed by atoms with E-state index < -0.39 is 0 Å². The Labute approximate surface area is 153 Å². The van der Waals surface area contributed by atoms with E-state index in [2.05, 4.69) is 20.9 Å². The molecule has 23 heavy (non-hydrogen) atoms. The lowest BCUT2D eigenvalue weighted by Gasteiger charge is -2.18. The van der Waals surface area contributed by atoms with Gasteiger partial charge in [0.25, 0.3) is 0 Å². The molecule has 3 aromatic rings. The first-order valence-electron chi connectivity index (χ1n) is 6.93. The van der Waals surface area contributed by atoms with Crippen molar-refractivity contribution in [1.29, 1.82) is 0 Å². The summed E-state index contributed by atoms with van der Waals surface area (Å²) in [4.78, 5) is 4.47. The molecule has 3 rings (SSSR count). The molecule has 0 unspecified atom stereocenters. The molecule has 0 amide bonds. The molecule has 0 radical (unpaired) electrons. The van der Waals surface area contributed by atoms with Crippen molar-refractivity contribution in [3.05, 3.63) is 87.2 Å². The Morgan fingerprint density at radius 1 is 1.00 bits per heavy atom. The Bertz CT molecular complexity index is 795. The van der Waals surface area contributed by atoms with Crippen LogP contribution in [-0.2, 0) is 6.54 Å². The van der Waals surface area contributed by atoms with E-state index in [0.717, 1.165) is 20.9 Å². The van der Waals surface area contributed by atoms with Gasteiger partial charge in [0.2, 0.25) is 5.82 Å². The second-order valence-corrected chi connectivity index (χ2v) is 6.63. The molecule has 0 aliphatic rings. The van der Waals surface area contributed by atoms with E-state index >= 15 is 0 Å². The lowest BCUT2D eigenvalue weighted by Crippen LogP contribution is -2.53. The number of halogens is 3. The Kier molecular flexibility index (Phi) is 5.16. The summed E-state index contributed by atoms with van der Waals surface area (Å²) < 4.78 is 2.81. The summed E-state index contributed by atoms with van der Waals surface area (Å²) in [6, 6.07) is 15.5. The first kappa shape index (κ1) is 16.2. The van der Waals surface area contributed by atoms with Gasteiger partial charge in [0.05, 0.1) is 9.50 Å². The van der Waals surface area contributed by atoms with Gasteiger partial charge in [-0.1, -0.05) is 46.1 Å². The zero-order valence-electron chi connectivity index (χ0n) is 12.0. The number of aromatic nitrogens is 2. The third kappa shape index (κ3) is 4.02. The minimum absolute atomic E-state index is 0.588. The van der Waals surface area contributed by atoms with Crippen LogP contribution in [0.5, 0.6) is 0 Å². The highest BCUT2D eigenvalue weighted by Gasteiger charge is 2.21. The minimum Gasteiger partial charge on any atom is -0.232 e. The van der Waals surface area contributed by atoms with Crippen molar-refractivity contribution >= 4 is 44.9 Å². The maximum atomic E-state index is 6.01. The Morgan fingerprint density at radius 2 is 1.70 bits per heavy atom. The summed E-state index contributed by atoms with van der Waals surface area (Å²) in [6.45, 7) is 0.638. The average molecular weight is 410 g/mol. The van der Waals surface area contributed by atoms with Crippen molar-refractivity contribution in [3.63, 3.8) is 0 Å². The smallest absolute Gasteiger partial charge is 0.202 e. The first-order chi connectivity index (χ1) is 11.1. The van der Waals surface area contributed by atoms with E-state index in [-0.39, 0.29) is 0 Å². The summed E-state index contributed by atoms with van der Waals surface area (Å²) in [7, 11) is 0. The Balaban J connectivity index is 2.01. The van der Waals surface area contributed by atoms with E-state index in [1.807, 2.05) is 70.6 Å². The average Bonchev–Trinajstić information content (AvgIpc) is 2.56. The van der Waals surface area contributed by atoms with Crippen molar-refractivity contribution < 1.29 is 4.68 Å². The maximum absolute atomic E-state index is 6.01. The summed E-state index contributed by atoms with van der Waals surface area (Å²) >= 11 is 15.5. The molecule has 0 aliphatic heterocycles. The Hall–Kier alpha value is -1.62. The van der Waals surface area contributed by atoms with Crippen molar-refractivity contribution in [2.24, 2.45) is 0 Å². The molecule has 0 saturated carbocycles. The molecule has 3 nitrogen and oxygen atoms in total. The van der Waals surface area contributed by atoms with Crippen LogP contribution in [0.25, 0.3) is 0 Å². The molecule has 0 bridgehead atoms. The highest BCUT2D eigenvalue weighted by molar-refractivity contribution is 9.10. The standard InChI is InChI=1S/C17H13BrCl2N3/c18-16-10-15(20)11-21-17(16)23(22-8-2-1-3-9-22)12-13-4-6-14(19)7-5-13/h1-11H,12H2/q+1. The molecule has 1 aromatic carbocycles. The molecule has 6 heteroatoms. The highest BCUT2D eigenvalue weighted by atomic mass is 79.9. The summed E-state index contributed by atoms with van der Waals surface area (Å²) in [5, 5.41) is 3.35. The van der Waals surface area contributed by atoms with Crippen molar-refractivity contribution in [2.75, 3.05) is 5.01 Å². The highest BCUT2D eigenvalue weighted by Crippen LogP contribution is 2.26. The fraction of sp³-hybridized carbons (Fsp3) is 0.0588. The van der Waals surface area contributed by atoms with Crippen molar-refractivity contribution in [2.45, 2.75) is 6.54 Å². The molecule has 0 spiro atoms. The van der Waals surface area contributed by atoms with Crippen LogP contribution >= 0.6 is 39.1 Å². The van der Waals surface area contributed by atoms with Gasteiger partial charge in [-0.3, -0.25) is 0 Å². The van der Waals surface area contributed by atoms with E-state index in [1.165, 1.54) is 0 Å².